The number of benzene rings is 3. The molecule has 3 aromatic rings. The van der Waals surface area contributed by atoms with E-state index in [4.69, 9.17) is 9.05 Å². The van der Waals surface area contributed by atoms with Crippen LogP contribution in [0.2, 0.25) is 0 Å². The molecule has 7 nitrogen and oxygen atoms in total. The number of allylic oxidation sites excluding steroid dienone is 2. The van der Waals surface area contributed by atoms with Crippen molar-refractivity contribution >= 4 is 13.6 Å². The lowest BCUT2D eigenvalue weighted by atomic mass is 9.34. The molecule has 3 saturated carbocycles. The Hall–Kier alpha value is -3.70. The molecule has 7 rings (SSSR count). The highest BCUT2D eigenvalue weighted by Gasteiger charge is 2.68. The summed E-state index contributed by atoms with van der Waals surface area (Å²) in [5.74, 6) is -0.204. The summed E-state index contributed by atoms with van der Waals surface area (Å²) in [7, 11) is -4.15. The lowest BCUT2D eigenvalue weighted by molar-refractivity contribution is -0.177. The summed E-state index contributed by atoms with van der Waals surface area (Å²) in [5.41, 5.74) is 0.217. The number of aliphatic carboxylic acids is 1. The van der Waals surface area contributed by atoms with Gasteiger partial charge >= 0.3 is 13.6 Å². The minimum Gasteiger partial charge on any atom is -0.504 e. The second-order valence-electron chi connectivity index (χ2n) is 16.6. The van der Waals surface area contributed by atoms with Crippen molar-refractivity contribution < 1.29 is 33.7 Å². The Bertz CT molecular complexity index is 1840. The maximum absolute atomic E-state index is 15.7. The summed E-state index contributed by atoms with van der Waals surface area (Å²) in [6.45, 7) is 13.0. The summed E-state index contributed by atoms with van der Waals surface area (Å²) in [5, 5.41) is 32.6. The maximum atomic E-state index is 15.7. The molecule has 3 N–H and O–H groups in total. The largest absolute Gasteiger partial charge is 0.504 e. The number of aromatic hydroxyl groups is 2. The van der Waals surface area contributed by atoms with Crippen molar-refractivity contribution in [1.29, 1.82) is 0 Å². The minimum absolute atomic E-state index is 0.0201. The molecule has 260 valence electrons. The normalized spacial score (nSPS) is 35.1. The van der Waals surface area contributed by atoms with Crippen LogP contribution >= 0.6 is 7.60 Å². The van der Waals surface area contributed by atoms with Crippen molar-refractivity contribution in [2.45, 2.75) is 97.6 Å². The first kappa shape index (κ1) is 33.8. The second kappa shape index (κ2) is 11.2. The van der Waals surface area contributed by atoms with Crippen LogP contribution in [0.3, 0.4) is 0 Å². The first-order valence-corrected chi connectivity index (χ1v) is 19.2. The van der Waals surface area contributed by atoms with Gasteiger partial charge < -0.3 is 24.4 Å². The number of fused-ring (bicyclic) bond motifs is 7. The highest BCUT2D eigenvalue weighted by molar-refractivity contribution is 7.55. The van der Waals surface area contributed by atoms with E-state index in [1.54, 1.807) is 37.3 Å². The molecule has 0 bridgehead atoms. The van der Waals surface area contributed by atoms with Gasteiger partial charge in [0.15, 0.2) is 11.5 Å². The lowest BCUT2D eigenvalue weighted by Gasteiger charge is -2.70. The zero-order chi connectivity index (χ0) is 35.2. The number of hydrogen-bond acceptors (Lipinski definition) is 6. The predicted octanol–water partition coefficient (Wildman–Crippen LogP) is 10.5. The summed E-state index contributed by atoms with van der Waals surface area (Å²) in [4.78, 5) is 12.6. The van der Waals surface area contributed by atoms with Crippen molar-refractivity contribution in [3.63, 3.8) is 0 Å². The number of para-hydroxylation sites is 2. The molecule has 0 heterocycles. The van der Waals surface area contributed by atoms with Gasteiger partial charge in [-0.3, -0.25) is 4.79 Å². The number of carboxylic acid groups (broad SMARTS) is 1. The first-order valence-electron chi connectivity index (χ1n) is 17.6. The molecule has 49 heavy (non-hydrogen) atoms. The molecule has 3 fully saturated rings. The quantitative estimate of drug-likeness (QED) is 0.135. The molecule has 4 aliphatic carbocycles. The molecule has 0 amide bonds. The van der Waals surface area contributed by atoms with Crippen LogP contribution in [-0.2, 0) is 14.8 Å². The monoisotopic (exact) mass is 684 g/mol. The average molecular weight is 685 g/mol. The van der Waals surface area contributed by atoms with Crippen LogP contribution in [0.4, 0.5) is 0 Å². The molecule has 0 aromatic heterocycles. The van der Waals surface area contributed by atoms with E-state index in [-0.39, 0.29) is 33.7 Å². The van der Waals surface area contributed by atoms with Crippen LogP contribution in [-0.4, -0.2) is 21.3 Å². The molecule has 8 heteroatoms. The Balaban J connectivity index is 1.46. The van der Waals surface area contributed by atoms with E-state index < -0.39 is 30.1 Å². The van der Waals surface area contributed by atoms with Crippen LogP contribution in [0.25, 0.3) is 0 Å². The maximum Gasteiger partial charge on any atom is 0.441 e. The fraction of sp³-hybridized carbons (Fsp3) is 0.488. The van der Waals surface area contributed by atoms with Gasteiger partial charge in [-0.25, -0.2) is 4.57 Å². The van der Waals surface area contributed by atoms with Gasteiger partial charge in [0.05, 0.1) is 5.41 Å². The van der Waals surface area contributed by atoms with E-state index in [2.05, 4.69) is 33.8 Å². The van der Waals surface area contributed by atoms with Gasteiger partial charge in [-0.05, 0) is 128 Å². The third-order valence-electron chi connectivity index (χ3n) is 13.9. The Morgan fingerprint density at radius 3 is 1.96 bits per heavy atom. The smallest absolute Gasteiger partial charge is 0.441 e. The highest BCUT2D eigenvalue weighted by atomic mass is 31.2. The van der Waals surface area contributed by atoms with E-state index in [0.717, 1.165) is 43.2 Å². The number of carboxylic acids is 1. The van der Waals surface area contributed by atoms with Crippen LogP contribution in [0.1, 0.15) is 102 Å². The molecular formula is C41H49O7P. The molecule has 1 unspecified atom stereocenters. The summed E-state index contributed by atoms with van der Waals surface area (Å²) in [6.07, 6.45) is 7.79. The van der Waals surface area contributed by atoms with Crippen molar-refractivity contribution in [3.8, 4) is 23.0 Å². The zero-order valence-electron chi connectivity index (χ0n) is 29.5. The van der Waals surface area contributed by atoms with E-state index in [1.807, 2.05) is 43.3 Å². The minimum atomic E-state index is -4.15. The van der Waals surface area contributed by atoms with Crippen molar-refractivity contribution in [2.75, 3.05) is 0 Å². The Morgan fingerprint density at radius 2 is 1.39 bits per heavy atom. The van der Waals surface area contributed by atoms with Crippen LogP contribution in [0, 0.1) is 34.5 Å². The fourth-order valence-electron chi connectivity index (χ4n) is 10.5. The molecule has 4 aliphatic rings. The number of hydrogen-bond donors (Lipinski definition) is 3. The van der Waals surface area contributed by atoms with Crippen molar-refractivity contribution in [2.24, 2.45) is 27.6 Å². The molecule has 0 saturated heterocycles. The zero-order valence-corrected chi connectivity index (χ0v) is 30.3. The number of phenolic OH excluding ortho intramolecular Hbond substituents is 2. The van der Waals surface area contributed by atoms with E-state index in [0.29, 0.717) is 35.5 Å². The number of phenols is 2. The van der Waals surface area contributed by atoms with Crippen LogP contribution in [0.5, 0.6) is 23.0 Å². The molecule has 0 aliphatic heterocycles. The third kappa shape index (κ3) is 4.89. The molecule has 0 spiro atoms. The SMILES string of the molecule is Cc1c(O)c(O)cc2c1C(P(=O)(Oc1ccccc1)Oc1ccccc1)C=C1[C@@]2(C)CC[C@@]2(C)[C@@H]3C[C@](C)(C(=O)O)CC[C@]3(C)CC[C@]12C. The number of carbonyl (C=O) groups is 1. The van der Waals surface area contributed by atoms with Gasteiger partial charge in [0, 0.05) is 5.41 Å². The van der Waals surface area contributed by atoms with Gasteiger partial charge in [0.1, 0.15) is 17.2 Å². The molecular weight excluding hydrogens is 635 g/mol. The highest BCUT2D eigenvalue weighted by Crippen LogP contribution is 2.77. The van der Waals surface area contributed by atoms with Gasteiger partial charge in [-0.15, -0.1) is 0 Å². The van der Waals surface area contributed by atoms with Gasteiger partial charge in [0.25, 0.3) is 0 Å². The summed E-state index contributed by atoms with van der Waals surface area (Å²) >= 11 is 0. The lowest BCUT2D eigenvalue weighted by Crippen LogP contribution is -2.62. The third-order valence-corrected chi connectivity index (χ3v) is 15.9. The Morgan fingerprint density at radius 1 is 0.816 bits per heavy atom. The van der Waals surface area contributed by atoms with Crippen LogP contribution in [0.15, 0.2) is 78.4 Å². The molecule has 0 radical (unpaired) electrons. The van der Waals surface area contributed by atoms with Crippen molar-refractivity contribution in [3.05, 3.63) is 95.1 Å². The standard InChI is InChI=1S/C41H49O7P/c1-26-34-29(23-30(42)35(26)43)39(4)20-22-41(6)33-25-38(3,36(44)45)18-17-37(33,2)19-21-40(41,5)32(39)24-31(34)49(46,47-27-13-9-7-10-14-27)48-28-15-11-8-12-16-28/h7-16,23-24,31,33,42-43H,17-22,25H2,1-6H3,(H,44,45)/t31?,33-,37-,38-,39+,40-,41+/m1/s1. The van der Waals surface area contributed by atoms with Crippen LogP contribution < -0.4 is 9.05 Å². The molecule has 7 atom stereocenters. The van der Waals surface area contributed by atoms with Gasteiger partial charge in [0.2, 0.25) is 0 Å². The van der Waals surface area contributed by atoms with Gasteiger partial charge in [-0.2, -0.15) is 0 Å². The fourth-order valence-corrected chi connectivity index (χ4v) is 12.6. The van der Waals surface area contributed by atoms with Crippen molar-refractivity contribution in [1.82, 2.24) is 0 Å². The topological polar surface area (TPSA) is 113 Å². The van der Waals surface area contributed by atoms with E-state index in [1.165, 1.54) is 0 Å². The molecule has 3 aromatic carbocycles. The second-order valence-corrected chi connectivity index (χ2v) is 18.6. The number of rotatable bonds is 6. The Kier molecular flexibility index (Phi) is 7.69. The summed E-state index contributed by atoms with van der Waals surface area (Å²) in [6, 6.07) is 19.7. The van der Waals surface area contributed by atoms with E-state index >= 15 is 4.57 Å². The Labute approximate surface area is 289 Å². The average Bonchev–Trinajstić information content (AvgIpc) is 3.06. The first-order chi connectivity index (χ1) is 23.0. The predicted molar refractivity (Wildman–Crippen MR) is 190 cm³/mol. The van der Waals surface area contributed by atoms with Gasteiger partial charge in [-0.1, -0.05) is 75.7 Å². The summed E-state index contributed by atoms with van der Waals surface area (Å²) < 4.78 is 28.6. The van der Waals surface area contributed by atoms with E-state index in [9.17, 15) is 20.1 Å².